The molecule has 14 nitrogen and oxygen atoms in total. The molecule has 5 aromatic rings. The second-order valence-corrected chi connectivity index (χ2v) is 11.8. The molecule has 0 spiro atoms. The smallest absolute Gasteiger partial charge is 0.404 e. The fraction of sp³-hybridized carbons (Fsp3) is 0.382. The molecule has 5 rings (SSSR count). The molecule has 0 saturated carbocycles. The van der Waals surface area contributed by atoms with Gasteiger partial charge in [0.25, 0.3) is 5.91 Å². The Labute approximate surface area is 287 Å². The molecule has 0 aliphatic heterocycles. The molecule has 0 aliphatic carbocycles. The Morgan fingerprint density at radius 2 is 1.69 bits per heavy atom. The first-order valence-corrected chi connectivity index (χ1v) is 17.1. The summed E-state index contributed by atoms with van der Waals surface area (Å²) in [5, 5.41) is 28.8. The largest absolute Gasteiger partial charge is 0.490 e. The van der Waals surface area contributed by atoms with Gasteiger partial charge < -0.3 is 39.3 Å². The van der Waals surface area contributed by atoms with E-state index in [4.69, 9.17) is 24.1 Å². The molecule has 0 aliphatic rings. The van der Waals surface area contributed by atoms with E-state index >= 15 is 0 Å². The van der Waals surface area contributed by atoms with Crippen LogP contribution in [0.4, 0.5) is 4.79 Å². The molecule has 49 heavy (non-hydrogen) atoms. The number of nitrogens with zero attached hydrogens (tertiary/aromatic N) is 5. The van der Waals surface area contributed by atoms with Crippen LogP contribution in [-0.2, 0) is 29.0 Å². The van der Waals surface area contributed by atoms with Gasteiger partial charge in [0.1, 0.15) is 5.69 Å². The first-order chi connectivity index (χ1) is 23.9. The van der Waals surface area contributed by atoms with Crippen LogP contribution in [0.3, 0.4) is 0 Å². The summed E-state index contributed by atoms with van der Waals surface area (Å²) in [5.41, 5.74) is 4.45. The molecule has 2 aromatic carbocycles. The molecule has 0 fully saturated rings. The number of carboxylic acid groups (broad SMARTS) is 1. The van der Waals surface area contributed by atoms with Crippen LogP contribution in [0.2, 0.25) is 0 Å². The standard InChI is InChI=1S/C34H41N7O7S/c1-3-47-29-9-8-24(21-30(29)48-4-2)10-12-35-33(42)28-22-31-27(11-19-49-31)40(28)23-25-6-5-7-26(20-25)32-37-39-41(38-32)14-16-46-18-17-45-15-13-36-34(43)44/h5-9,11,19-22,36H,3-4,10,12-18,23H2,1-2H3,(H,35,42)(H,43,44). The van der Waals surface area contributed by atoms with Gasteiger partial charge in [-0.05, 0) is 72.3 Å². The summed E-state index contributed by atoms with van der Waals surface area (Å²) in [6.45, 7) is 7.95. The second-order valence-electron chi connectivity index (χ2n) is 10.8. The Balaban J connectivity index is 1.16. The molecular weight excluding hydrogens is 650 g/mol. The first kappa shape index (κ1) is 35.3. The Morgan fingerprint density at radius 1 is 0.878 bits per heavy atom. The lowest BCUT2D eigenvalue weighted by Gasteiger charge is -2.13. The van der Waals surface area contributed by atoms with Crippen LogP contribution in [-0.4, -0.2) is 94.6 Å². The van der Waals surface area contributed by atoms with Crippen molar-refractivity contribution in [1.29, 1.82) is 0 Å². The van der Waals surface area contributed by atoms with Crippen molar-refractivity contribution >= 4 is 33.6 Å². The van der Waals surface area contributed by atoms with Crippen molar-refractivity contribution in [2.24, 2.45) is 0 Å². The molecule has 0 radical (unpaired) electrons. The van der Waals surface area contributed by atoms with E-state index in [0.29, 0.717) is 76.4 Å². The van der Waals surface area contributed by atoms with Crippen LogP contribution in [0.5, 0.6) is 11.5 Å². The number of tetrazole rings is 1. The predicted octanol–water partition coefficient (Wildman–Crippen LogP) is 4.48. The third-order valence-corrected chi connectivity index (χ3v) is 8.22. The van der Waals surface area contributed by atoms with Crippen LogP contribution >= 0.6 is 11.3 Å². The number of benzene rings is 2. The fourth-order valence-electron chi connectivity index (χ4n) is 5.14. The van der Waals surface area contributed by atoms with E-state index in [1.807, 2.05) is 78.4 Å². The van der Waals surface area contributed by atoms with Gasteiger partial charge in [-0.25, -0.2) is 4.79 Å². The van der Waals surface area contributed by atoms with Crippen molar-refractivity contribution < 1.29 is 33.6 Å². The lowest BCUT2D eigenvalue weighted by Crippen LogP contribution is -2.28. The molecule has 260 valence electrons. The maximum atomic E-state index is 13.5. The zero-order chi connectivity index (χ0) is 34.4. The van der Waals surface area contributed by atoms with Crippen LogP contribution in [0.15, 0.2) is 60.0 Å². The van der Waals surface area contributed by atoms with Crippen molar-refractivity contribution in [3.05, 3.63) is 76.8 Å². The maximum Gasteiger partial charge on any atom is 0.404 e. The molecule has 0 bridgehead atoms. The van der Waals surface area contributed by atoms with Crippen molar-refractivity contribution in [1.82, 2.24) is 35.4 Å². The normalized spacial score (nSPS) is 11.1. The monoisotopic (exact) mass is 691 g/mol. The van der Waals surface area contributed by atoms with Gasteiger partial charge in [-0.3, -0.25) is 4.79 Å². The van der Waals surface area contributed by atoms with Gasteiger partial charge in [0.2, 0.25) is 5.82 Å². The fourth-order valence-corrected chi connectivity index (χ4v) is 5.96. The van der Waals surface area contributed by atoms with Crippen LogP contribution < -0.4 is 20.1 Å². The zero-order valence-electron chi connectivity index (χ0n) is 27.6. The number of aromatic nitrogens is 5. The number of rotatable bonds is 20. The highest BCUT2D eigenvalue weighted by molar-refractivity contribution is 7.17. The van der Waals surface area contributed by atoms with Crippen molar-refractivity contribution in [3.8, 4) is 22.9 Å². The lowest BCUT2D eigenvalue weighted by molar-refractivity contribution is 0.0439. The number of hydrogen-bond donors (Lipinski definition) is 3. The van der Waals surface area contributed by atoms with Gasteiger partial charge in [0.15, 0.2) is 11.5 Å². The lowest BCUT2D eigenvalue weighted by atomic mass is 10.1. The Bertz CT molecular complexity index is 1820. The zero-order valence-corrected chi connectivity index (χ0v) is 28.4. The van der Waals surface area contributed by atoms with Gasteiger partial charge in [0.05, 0.1) is 56.4 Å². The molecular formula is C34H41N7O7S. The van der Waals surface area contributed by atoms with E-state index in [0.717, 1.165) is 32.7 Å². The van der Waals surface area contributed by atoms with Crippen molar-refractivity contribution in [3.63, 3.8) is 0 Å². The summed E-state index contributed by atoms with van der Waals surface area (Å²) in [5.74, 6) is 1.78. The van der Waals surface area contributed by atoms with Crippen LogP contribution in [0, 0.1) is 0 Å². The third-order valence-electron chi connectivity index (χ3n) is 7.37. The molecule has 3 N–H and O–H groups in total. The topological polar surface area (TPSA) is 164 Å². The minimum atomic E-state index is -1.08. The highest BCUT2D eigenvalue weighted by atomic mass is 32.1. The average molecular weight is 692 g/mol. The summed E-state index contributed by atoms with van der Waals surface area (Å²) in [7, 11) is 0. The van der Waals surface area contributed by atoms with Gasteiger partial charge in [-0.15, -0.1) is 21.5 Å². The highest BCUT2D eigenvalue weighted by Crippen LogP contribution is 2.29. The summed E-state index contributed by atoms with van der Waals surface area (Å²) in [4.78, 5) is 25.4. The van der Waals surface area contributed by atoms with E-state index in [9.17, 15) is 9.59 Å². The number of carbonyl (C=O) groups excluding carboxylic acids is 1. The highest BCUT2D eigenvalue weighted by Gasteiger charge is 2.18. The van der Waals surface area contributed by atoms with Gasteiger partial charge in [-0.1, -0.05) is 24.3 Å². The third kappa shape index (κ3) is 10.0. The Morgan fingerprint density at radius 3 is 2.51 bits per heavy atom. The average Bonchev–Trinajstić information content (AvgIpc) is 3.83. The van der Waals surface area contributed by atoms with Crippen molar-refractivity contribution in [2.75, 3.05) is 52.7 Å². The number of carbonyl (C=O) groups is 2. The molecule has 2 amide bonds. The Kier molecular flexibility index (Phi) is 12.9. The van der Waals surface area contributed by atoms with E-state index in [1.54, 1.807) is 11.3 Å². The summed E-state index contributed by atoms with van der Waals surface area (Å²) in [6, 6.07) is 17.8. The molecule has 0 saturated heterocycles. The van der Waals surface area contributed by atoms with E-state index in [-0.39, 0.29) is 19.1 Å². The van der Waals surface area contributed by atoms with Gasteiger partial charge >= 0.3 is 6.09 Å². The predicted molar refractivity (Wildman–Crippen MR) is 185 cm³/mol. The Hall–Kier alpha value is -4.99. The van der Waals surface area contributed by atoms with E-state index < -0.39 is 6.09 Å². The minimum Gasteiger partial charge on any atom is -0.490 e. The number of amides is 2. The first-order valence-electron chi connectivity index (χ1n) is 16.2. The number of thiophene rings is 1. The number of nitrogens with one attached hydrogen (secondary N) is 2. The summed E-state index contributed by atoms with van der Waals surface area (Å²) < 4.78 is 25.4. The second kappa shape index (κ2) is 18.0. The summed E-state index contributed by atoms with van der Waals surface area (Å²) in [6.07, 6.45) is -0.427. The molecule has 3 heterocycles. The minimum absolute atomic E-state index is 0.135. The number of ether oxygens (including phenoxy) is 4. The van der Waals surface area contributed by atoms with Gasteiger partial charge in [-0.2, -0.15) is 4.80 Å². The molecule has 0 atom stereocenters. The SMILES string of the molecule is CCOc1ccc(CCNC(=O)c2cc3sccc3n2Cc2cccc(-c3nnn(CCOCCOCCNC(=O)O)n3)c2)cc1OCC. The van der Waals surface area contributed by atoms with E-state index in [1.165, 1.54) is 4.80 Å². The van der Waals surface area contributed by atoms with Crippen LogP contribution in [0.1, 0.15) is 35.5 Å². The molecule has 0 unspecified atom stereocenters. The van der Waals surface area contributed by atoms with Crippen LogP contribution in [0.25, 0.3) is 21.6 Å². The maximum absolute atomic E-state index is 13.5. The quantitative estimate of drug-likeness (QED) is 0.0992. The molecule has 15 heteroatoms. The summed E-state index contributed by atoms with van der Waals surface area (Å²) >= 11 is 1.60. The number of hydrogen-bond acceptors (Lipinski definition) is 10. The van der Waals surface area contributed by atoms with Crippen molar-refractivity contribution in [2.45, 2.75) is 33.4 Å². The number of fused-ring (bicyclic) bond motifs is 1. The molecule has 3 aromatic heterocycles. The van der Waals surface area contributed by atoms with Gasteiger partial charge in [0, 0.05) is 25.2 Å². The van der Waals surface area contributed by atoms with E-state index in [2.05, 4.69) is 26.0 Å².